The molecule has 0 saturated heterocycles. The van der Waals surface area contributed by atoms with Crippen molar-refractivity contribution < 1.29 is 4.74 Å². The molecule has 1 atom stereocenters. The molecule has 2 N–H and O–H groups in total. The van der Waals surface area contributed by atoms with Gasteiger partial charge in [0.2, 0.25) is 5.95 Å². The summed E-state index contributed by atoms with van der Waals surface area (Å²) in [5, 5.41) is 6.68. The number of anilines is 2. The molecule has 5 heteroatoms. The molecule has 0 saturated carbocycles. The van der Waals surface area contributed by atoms with Crippen molar-refractivity contribution in [3.05, 3.63) is 41.6 Å². The monoisotopic (exact) mass is 284 g/mol. The van der Waals surface area contributed by atoms with Crippen LogP contribution in [-0.2, 0) is 0 Å². The minimum Gasteiger partial charge on any atom is -0.493 e. The second-order valence-corrected chi connectivity index (χ2v) is 5.13. The lowest BCUT2D eigenvalue weighted by molar-refractivity contribution is 0.274. The minimum absolute atomic E-state index is 0.220. The summed E-state index contributed by atoms with van der Waals surface area (Å²) in [6.07, 6.45) is 2.77. The first kappa shape index (κ1) is 13.7. The van der Waals surface area contributed by atoms with E-state index in [1.807, 2.05) is 38.2 Å². The summed E-state index contributed by atoms with van der Waals surface area (Å²) in [6.45, 7) is 5.58. The number of rotatable bonds is 4. The molecule has 1 aliphatic rings. The minimum atomic E-state index is 0.220. The summed E-state index contributed by atoms with van der Waals surface area (Å²) >= 11 is 0. The molecule has 2 aromatic rings. The van der Waals surface area contributed by atoms with Gasteiger partial charge in [-0.3, -0.25) is 0 Å². The predicted octanol–water partition coefficient (Wildman–Crippen LogP) is 3.15. The summed E-state index contributed by atoms with van der Waals surface area (Å²) in [4.78, 5) is 8.83. The number of para-hydroxylation sites is 1. The molecule has 5 nitrogen and oxygen atoms in total. The zero-order valence-electron chi connectivity index (χ0n) is 12.4. The molecule has 1 unspecified atom stereocenters. The van der Waals surface area contributed by atoms with E-state index >= 15 is 0 Å². The number of aryl methyl sites for hydroxylation is 1. The lowest BCUT2D eigenvalue weighted by Crippen LogP contribution is -2.21. The van der Waals surface area contributed by atoms with Crippen LogP contribution in [0.3, 0.4) is 0 Å². The maximum atomic E-state index is 5.70. The van der Waals surface area contributed by atoms with Crippen molar-refractivity contribution in [2.75, 3.05) is 23.8 Å². The molecule has 0 amide bonds. The molecule has 1 aliphatic heterocycles. The highest BCUT2D eigenvalue weighted by Crippen LogP contribution is 2.34. The third-order valence-electron chi connectivity index (χ3n) is 3.58. The number of fused-ring (bicyclic) bond motifs is 1. The van der Waals surface area contributed by atoms with E-state index in [4.69, 9.17) is 4.74 Å². The highest BCUT2D eigenvalue weighted by molar-refractivity contribution is 5.50. The summed E-state index contributed by atoms with van der Waals surface area (Å²) in [6, 6.07) is 8.38. The normalized spacial score (nSPS) is 16.8. The Hall–Kier alpha value is -2.30. The van der Waals surface area contributed by atoms with Gasteiger partial charge in [-0.2, -0.15) is 4.98 Å². The van der Waals surface area contributed by atoms with Crippen LogP contribution in [0.25, 0.3) is 0 Å². The first-order valence-corrected chi connectivity index (χ1v) is 7.33. The first-order valence-electron chi connectivity index (χ1n) is 7.33. The average molecular weight is 284 g/mol. The number of nitrogens with one attached hydrogen (secondary N) is 2. The fourth-order valence-corrected chi connectivity index (χ4v) is 2.49. The summed E-state index contributed by atoms with van der Waals surface area (Å²) in [5.74, 6) is 2.49. The van der Waals surface area contributed by atoms with Gasteiger partial charge in [-0.15, -0.1) is 0 Å². The van der Waals surface area contributed by atoms with Gasteiger partial charge < -0.3 is 15.4 Å². The van der Waals surface area contributed by atoms with Gasteiger partial charge in [0, 0.05) is 30.3 Å². The van der Waals surface area contributed by atoms with Crippen LogP contribution >= 0.6 is 0 Å². The topological polar surface area (TPSA) is 59.1 Å². The molecule has 1 aromatic heterocycles. The van der Waals surface area contributed by atoms with Crippen LogP contribution in [0.1, 0.15) is 30.5 Å². The van der Waals surface area contributed by atoms with Crippen molar-refractivity contribution in [3.63, 3.8) is 0 Å². The van der Waals surface area contributed by atoms with Crippen LogP contribution < -0.4 is 15.4 Å². The fraction of sp³-hybridized carbons (Fsp3) is 0.375. The lowest BCUT2D eigenvalue weighted by Gasteiger charge is -2.27. The quantitative estimate of drug-likeness (QED) is 0.903. The number of nitrogens with zero attached hydrogens (tertiary/aromatic N) is 2. The molecule has 0 spiro atoms. The van der Waals surface area contributed by atoms with Crippen LogP contribution in [-0.4, -0.2) is 23.1 Å². The maximum Gasteiger partial charge on any atom is 0.224 e. The largest absolute Gasteiger partial charge is 0.493 e. The van der Waals surface area contributed by atoms with Crippen molar-refractivity contribution in [3.8, 4) is 5.75 Å². The van der Waals surface area contributed by atoms with E-state index in [0.717, 1.165) is 36.7 Å². The van der Waals surface area contributed by atoms with Gasteiger partial charge >= 0.3 is 0 Å². The first-order chi connectivity index (χ1) is 10.3. The van der Waals surface area contributed by atoms with Crippen LogP contribution in [0.5, 0.6) is 5.75 Å². The SMILES string of the molecule is CCNc1ncc(C)c(NC2CCOc3ccccc32)n1. The fourth-order valence-electron chi connectivity index (χ4n) is 2.49. The van der Waals surface area contributed by atoms with E-state index < -0.39 is 0 Å². The molecule has 3 rings (SSSR count). The molecular weight excluding hydrogens is 264 g/mol. The van der Waals surface area contributed by atoms with E-state index in [2.05, 4.69) is 26.7 Å². The molecule has 110 valence electrons. The second-order valence-electron chi connectivity index (χ2n) is 5.13. The lowest BCUT2D eigenvalue weighted by atomic mass is 10.0. The Kier molecular flexibility index (Phi) is 3.90. The number of benzene rings is 1. The van der Waals surface area contributed by atoms with Gasteiger partial charge in [0.05, 0.1) is 12.6 Å². The zero-order chi connectivity index (χ0) is 14.7. The third-order valence-corrected chi connectivity index (χ3v) is 3.58. The van der Waals surface area contributed by atoms with Crippen LogP contribution in [0.15, 0.2) is 30.5 Å². The van der Waals surface area contributed by atoms with Crippen LogP contribution in [0, 0.1) is 6.92 Å². The standard InChI is InChI=1S/C16H20N4O/c1-3-17-16-18-10-11(2)15(20-16)19-13-8-9-21-14-7-5-4-6-12(13)14/h4-7,10,13H,3,8-9H2,1-2H3,(H2,17,18,19,20). The molecule has 0 aliphatic carbocycles. The van der Waals surface area contributed by atoms with E-state index in [-0.39, 0.29) is 6.04 Å². The van der Waals surface area contributed by atoms with Crippen molar-refractivity contribution >= 4 is 11.8 Å². The predicted molar refractivity (Wildman–Crippen MR) is 83.9 cm³/mol. The van der Waals surface area contributed by atoms with Gasteiger partial charge in [0.25, 0.3) is 0 Å². The average Bonchev–Trinajstić information content (AvgIpc) is 2.51. The second kappa shape index (κ2) is 5.99. The Morgan fingerprint density at radius 2 is 2.19 bits per heavy atom. The Labute approximate surface area is 124 Å². The van der Waals surface area contributed by atoms with E-state index in [1.54, 1.807) is 0 Å². The van der Waals surface area contributed by atoms with Gasteiger partial charge in [-0.05, 0) is 19.9 Å². The molecule has 2 heterocycles. The van der Waals surface area contributed by atoms with E-state index in [0.29, 0.717) is 5.95 Å². The van der Waals surface area contributed by atoms with Crippen molar-refractivity contribution in [2.24, 2.45) is 0 Å². The third kappa shape index (κ3) is 2.91. The number of aromatic nitrogens is 2. The summed E-state index contributed by atoms with van der Waals surface area (Å²) < 4.78 is 5.70. The van der Waals surface area contributed by atoms with Gasteiger partial charge in [-0.1, -0.05) is 18.2 Å². The number of hydrogen-bond donors (Lipinski definition) is 2. The Morgan fingerprint density at radius 3 is 3.05 bits per heavy atom. The Bertz CT molecular complexity index is 629. The van der Waals surface area contributed by atoms with Gasteiger partial charge in [-0.25, -0.2) is 4.98 Å². The smallest absolute Gasteiger partial charge is 0.224 e. The highest BCUT2D eigenvalue weighted by Gasteiger charge is 2.21. The Balaban J connectivity index is 1.86. The van der Waals surface area contributed by atoms with Crippen molar-refractivity contribution in [1.82, 2.24) is 9.97 Å². The van der Waals surface area contributed by atoms with Crippen LogP contribution in [0.4, 0.5) is 11.8 Å². The molecule has 0 fully saturated rings. The zero-order valence-corrected chi connectivity index (χ0v) is 12.4. The van der Waals surface area contributed by atoms with Gasteiger partial charge in [0.1, 0.15) is 11.6 Å². The van der Waals surface area contributed by atoms with Crippen molar-refractivity contribution in [1.29, 1.82) is 0 Å². The van der Waals surface area contributed by atoms with Crippen LogP contribution in [0.2, 0.25) is 0 Å². The van der Waals surface area contributed by atoms with E-state index in [9.17, 15) is 0 Å². The number of ether oxygens (including phenoxy) is 1. The molecule has 21 heavy (non-hydrogen) atoms. The van der Waals surface area contributed by atoms with Crippen molar-refractivity contribution in [2.45, 2.75) is 26.3 Å². The van der Waals surface area contributed by atoms with E-state index in [1.165, 1.54) is 5.56 Å². The highest BCUT2D eigenvalue weighted by atomic mass is 16.5. The molecular formula is C16H20N4O. The van der Waals surface area contributed by atoms with Gasteiger partial charge in [0.15, 0.2) is 0 Å². The number of hydrogen-bond acceptors (Lipinski definition) is 5. The molecule has 0 bridgehead atoms. The molecule has 1 aromatic carbocycles. The summed E-state index contributed by atoms with van der Waals surface area (Å²) in [7, 11) is 0. The maximum absolute atomic E-state index is 5.70. The Morgan fingerprint density at radius 1 is 1.33 bits per heavy atom. The summed E-state index contributed by atoms with van der Waals surface area (Å²) in [5.41, 5.74) is 2.23. The molecule has 0 radical (unpaired) electrons.